The van der Waals surface area contributed by atoms with Gasteiger partial charge in [0, 0.05) is 12.5 Å². The first-order valence-corrected chi connectivity index (χ1v) is 5.87. The van der Waals surface area contributed by atoms with Gasteiger partial charge in [0.15, 0.2) is 6.79 Å². The average Bonchev–Trinajstić information content (AvgIpc) is 2.35. The van der Waals surface area contributed by atoms with Gasteiger partial charge in [-0.15, -0.1) is 0 Å². The summed E-state index contributed by atoms with van der Waals surface area (Å²) in [6, 6.07) is 12.5. The van der Waals surface area contributed by atoms with E-state index in [1.807, 2.05) is 12.1 Å². The van der Waals surface area contributed by atoms with E-state index < -0.39 is 0 Å². The lowest BCUT2D eigenvalue weighted by Crippen LogP contribution is -2.00. The fourth-order valence-electron chi connectivity index (χ4n) is 2.06. The molecule has 2 aromatic carbocycles. The molecule has 0 bridgehead atoms. The molecule has 0 aliphatic heterocycles. The van der Waals surface area contributed by atoms with E-state index >= 15 is 0 Å². The maximum Gasteiger partial charge on any atom is 0.188 e. The molecule has 0 spiro atoms. The third kappa shape index (κ3) is 2.42. The molecule has 0 heterocycles. The Hall–Kier alpha value is -1.54. The second kappa shape index (κ2) is 5.19. The zero-order chi connectivity index (χ0) is 12.3. The molecule has 0 aliphatic rings. The highest BCUT2D eigenvalue weighted by Gasteiger charge is 2.09. The van der Waals surface area contributed by atoms with Gasteiger partial charge in [-0.05, 0) is 22.9 Å². The smallest absolute Gasteiger partial charge is 0.188 e. The van der Waals surface area contributed by atoms with Gasteiger partial charge in [0.1, 0.15) is 5.75 Å². The molecule has 0 aromatic heterocycles. The lowest BCUT2D eigenvalue weighted by atomic mass is 9.95. The molecule has 2 nitrogen and oxygen atoms in total. The molecule has 90 valence electrons. The van der Waals surface area contributed by atoms with Crippen LogP contribution in [0.25, 0.3) is 10.8 Å². The van der Waals surface area contributed by atoms with Gasteiger partial charge in [-0.1, -0.05) is 44.2 Å². The van der Waals surface area contributed by atoms with Gasteiger partial charge in [0.25, 0.3) is 0 Å². The fourth-order valence-corrected chi connectivity index (χ4v) is 2.06. The second-order valence-electron chi connectivity index (χ2n) is 4.41. The highest BCUT2D eigenvalue weighted by atomic mass is 16.7. The van der Waals surface area contributed by atoms with E-state index in [0.717, 1.165) is 5.75 Å². The lowest BCUT2D eigenvalue weighted by Gasteiger charge is -2.14. The summed E-state index contributed by atoms with van der Waals surface area (Å²) in [6.07, 6.45) is 0. The Balaban J connectivity index is 2.58. The van der Waals surface area contributed by atoms with Gasteiger partial charge in [-0.25, -0.2) is 0 Å². The number of hydrogen-bond acceptors (Lipinski definition) is 2. The van der Waals surface area contributed by atoms with Crippen molar-refractivity contribution < 1.29 is 9.47 Å². The van der Waals surface area contributed by atoms with E-state index in [2.05, 4.69) is 38.1 Å². The molecule has 2 aromatic rings. The Morgan fingerprint density at radius 2 is 1.76 bits per heavy atom. The van der Waals surface area contributed by atoms with Gasteiger partial charge in [0.05, 0.1) is 0 Å². The number of ether oxygens (including phenoxy) is 2. The first-order chi connectivity index (χ1) is 8.24. The summed E-state index contributed by atoms with van der Waals surface area (Å²) in [5.41, 5.74) is 1.31. The van der Waals surface area contributed by atoms with Crippen LogP contribution in [0.4, 0.5) is 0 Å². The minimum atomic E-state index is 0.283. The molecule has 0 atom stereocenters. The molecule has 2 rings (SSSR count). The largest absolute Gasteiger partial charge is 0.467 e. The first-order valence-electron chi connectivity index (χ1n) is 5.87. The molecule has 0 unspecified atom stereocenters. The average molecular weight is 230 g/mol. The zero-order valence-electron chi connectivity index (χ0n) is 10.6. The van der Waals surface area contributed by atoms with Gasteiger partial charge in [-0.3, -0.25) is 0 Å². The Morgan fingerprint density at radius 3 is 2.41 bits per heavy atom. The van der Waals surface area contributed by atoms with Crippen molar-refractivity contribution in [3.8, 4) is 5.75 Å². The van der Waals surface area contributed by atoms with Crippen LogP contribution in [0.1, 0.15) is 25.3 Å². The lowest BCUT2D eigenvalue weighted by molar-refractivity contribution is 0.0522. The van der Waals surface area contributed by atoms with Gasteiger partial charge >= 0.3 is 0 Å². The van der Waals surface area contributed by atoms with Crippen LogP contribution >= 0.6 is 0 Å². The molecular weight excluding hydrogens is 212 g/mol. The Kier molecular flexibility index (Phi) is 3.64. The van der Waals surface area contributed by atoms with Gasteiger partial charge in [0.2, 0.25) is 0 Å². The molecule has 0 saturated heterocycles. The van der Waals surface area contributed by atoms with Gasteiger partial charge < -0.3 is 9.47 Å². The number of methoxy groups -OCH3 is 1. The van der Waals surface area contributed by atoms with Gasteiger partial charge in [-0.2, -0.15) is 0 Å². The topological polar surface area (TPSA) is 18.5 Å². The predicted molar refractivity (Wildman–Crippen MR) is 70.5 cm³/mol. The van der Waals surface area contributed by atoms with Crippen LogP contribution in [0, 0.1) is 0 Å². The van der Waals surface area contributed by atoms with Crippen LogP contribution in [0.5, 0.6) is 5.75 Å². The minimum absolute atomic E-state index is 0.283. The van der Waals surface area contributed by atoms with E-state index in [9.17, 15) is 0 Å². The molecule has 0 amide bonds. The quantitative estimate of drug-likeness (QED) is 0.740. The van der Waals surface area contributed by atoms with Crippen molar-refractivity contribution in [1.82, 2.24) is 0 Å². The normalized spacial score (nSPS) is 11.1. The molecule has 2 heteroatoms. The van der Waals surface area contributed by atoms with Crippen molar-refractivity contribution in [3.63, 3.8) is 0 Å². The highest BCUT2D eigenvalue weighted by molar-refractivity contribution is 5.91. The van der Waals surface area contributed by atoms with Crippen LogP contribution in [0.2, 0.25) is 0 Å². The molecule has 0 radical (unpaired) electrons. The second-order valence-corrected chi connectivity index (χ2v) is 4.41. The molecule has 0 fully saturated rings. The SMILES string of the molecule is COCOc1cccc2cccc(C(C)C)c12. The van der Waals surface area contributed by atoms with E-state index in [0.29, 0.717) is 5.92 Å². The molecular formula is C15H18O2. The Labute approximate surface area is 102 Å². The standard InChI is InChI=1S/C15H18O2/c1-11(2)13-8-4-6-12-7-5-9-14(15(12)13)17-10-16-3/h4-9,11H,10H2,1-3H3. The minimum Gasteiger partial charge on any atom is -0.467 e. The third-order valence-corrected chi connectivity index (χ3v) is 2.85. The summed E-state index contributed by atoms with van der Waals surface area (Å²) < 4.78 is 10.6. The summed E-state index contributed by atoms with van der Waals surface area (Å²) in [7, 11) is 1.63. The van der Waals surface area contributed by atoms with E-state index in [1.165, 1.54) is 16.3 Å². The van der Waals surface area contributed by atoms with Crippen molar-refractivity contribution in [1.29, 1.82) is 0 Å². The summed E-state index contributed by atoms with van der Waals surface area (Å²) >= 11 is 0. The number of fused-ring (bicyclic) bond motifs is 1. The predicted octanol–water partition coefficient (Wildman–Crippen LogP) is 3.95. The van der Waals surface area contributed by atoms with Crippen LogP contribution in [0.3, 0.4) is 0 Å². The fraction of sp³-hybridized carbons (Fsp3) is 0.333. The van der Waals surface area contributed by atoms with Crippen LogP contribution in [-0.4, -0.2) is 13.9 Å². The Bertz CT molecular complexity index is 498. The maximum atomic E-state index is 5.64. The highest BCUT2D eigenvalue weighted by Crippen LogP contribution is 2.32. The third-order valence-electron chi connectivity index (χ3n) is 2.85. The summed E-state index contributed by atoms with van der Waals surface area (Å²) in [5, 5.41) is 2.41. The van der Waals surface area contributed by atoms with Crippen molar-refractivity contribution in [3.05, 3.63) is 42.0 Å². The van der Waals surface area contributed by atoms with E-state index in [1.54, 1.807) is 7.11 Å². The molecule has 0 saturated carbocycles. The Morgan fingerprint density at radius 1 is 1.06 bits per heavy atom. The number of rotatable bonds is 4. The first kappa shape index (κ1) is 11.9. The summed E-state index contributed by atoms with van der Waals surface area (Å²) in [6.45, 7) is 4.68. The van der Waals surface area contributed by atoms with Crippen molar-refractivity contribution in [2.24, 2.45) is 0 Å². The van der Waals surface area contributed by atoms with Crippen LogP contribution in [-0.2, 0) is 4.74 Å². The number of hydrogen-bond donors (Lipinski definition) is 0. The van der Waals surface area contributed by atoms with E-state index in [4.69, 9.17) is 9.47 Å². The molecule has 0 aliphatic carbocycles. The summed E-state index contributed by atoms with van der Waals surface area (Å²) in [5.74, 6) is 1.37. The number of benzene rings is 2. The zero-order valence-corrected chi connectivity index (χ0v) is 10.6. The van der Waals surface area contributed by atoms with Crippen LogP contribution < -0.4 is 4.74 Å². The van der Waals surface area contributed by atoms with Crippen LogP contribution in [0.15, 0.2) is 36.4 Å². The van der Waals surface area contributed by atoms with E-state index in [-0.39, 0.29) is 6.79 Å². The monoisotopic (exact) mass is 230 g/mol. The summed E-state index contributed by atoms with van der Waals surface area (Å²) in [4.78, 5) is 0. The van der Waals surface area contributed by atoms with Crippen molar-refractivity contribution in [2.45, 2.75) is 19.8 Å². The van der Waals surface area contributed by atoms with Crippen molar-refractivity contribution >= 4 is 10.8 Å². The maximum absolute atomic E-state index is 5.64. The molecule has 17 heavy (non-hydrogen) atoms. The molecule has 0 N–H and O–H groups in total. The van der Waals surface area contributed by atoms with Crippen molar-refractivity contribution in [2.75, 3.05) is 13.9 Å².